The molecule has 2 amide bonds. The minimum absolute atomic E-state index is 0.0216. The maximum absolute atomic E-state index is 12.2. The van der Waals surface area contributed by atoms with Crippen LogP contribution in [0.1, 0.15) is 31.7 Å². The van der Waals surface area contributed by atoms with Crippen molar-refractivity contribution in [2.24, 2.45) is 0 Å². The minimum Gasteiger partial charge on any atom is -0.494 e. The van der Waals surface area contributed by atoms with Gasteiger partial charge in [0, 0.05) is 26.2 Å². The van der Waals surface area contributed by atoms with E-state index in [1.54, 1.807) is 7.11 Å². The van der Waals surface area contributed by atoms with Gasteiger partial charge >= 0.3 is 0 Å². The van der Waals surface area contributed by atoms with Crippen LogP contribution in [0.2, 0.25) is 0 Å². The predicted molar refractivity (Wildman–Crippen MR) is 95.6 cm³/mol. The van der Waals surface area contributed by atoms with Gasteiger partial charge in [-0.2, -0.15) is 0 Å². The van der Waals surface area contributed by atoms with Crippen molar-refractivity contribution in [3.05, 3.63) is 29.8 Å². The van der Waals surface area contributed by atoms with Crippen molar-refractivity contribution in [1.82, 2.24) is 10.2 Å². The second kappa shape index (κ2) is 10.0. The van der Waals surface area contributed by atoms with Gasteiger partial charge in [0.2, 0.25) is 11.8 Å². The molecular weight excluding hydrogens is 320 g/mol. The lowest BCUT2D eigenvalue weighted by Gasteiger charge is -2.32. The van der Waals surface area contributed by atoms with E-state index in [4.69, 9.17) is 9.47 Å². The Labute approximate surface area is 149 Å². The minimum atomic E-state index is 0.0216. The Bertz CT molecular complexity index is 551. The second-order valence-electron chi connectivity index (χ2n) is 6.22. The molecule has 1 fully saturated rings. The van der Waals surface area contributed by atoms with Gasteiger partial charge in [-0.05, 0) is 37.5 Å². The van der Waals surface area contributed by atoms with Crippen LogP contribution in [0.4, 0.5) is 0 Å². The Balaban J connectivity index is 1.72. The summed E-state index contributed by atoms with van der Waals surface area (Å²) < 4.78 is 10.3. The van der Waals surface area contributed by atoms with E-state index in [-0.39, 0.29) is 17.9 Å². The molecule has 25 heavy (non-hydrogen) atoms. The maximum Gasteiger partial charge on any atom is 0.224 e. The van der Waals surface area contributed by atoms with Gasteiger partial charge in [0.15, 0.2) is 0 Å². The molecule has 138 valence electrons. The molecule has 0 saturated carbocycles. The lowest BCUT2D eigenvalue weighted by atomic mass is 10.0. The molecule has 0 atom stereocenters. The van der Waals surface area contributed by atoms with E-state index in [9.17, 15) is 9.59 Å². The highest BCUT2D eigenvalue weighted by Crippen LogP contribution is 2.14. The van der Waals surface area contributed by atoms with Crippen molar-refractivity contribution in [2.45, 2.75) is 38.6 Å². The quantitative estimate of drug-likeness (QED) is 0.777. The number of hydrogen-bond donors (Lipinski definition) is 1. The number of nitrogens with zero attached hydrogens (tertiary/aromatic N) is 1. The zero-order valence-electron chi connectivity index (χ0n) is 15.1. The standard InChI is InChI=1S/C19H28N2O4/c1-3-25-17-6-4-15(5-7-17)14-18(22)20-16-8-11-21(12-9-16)19(23)10-13-24-2/h4-7,16H,3,8-14H2,1-2H3,(H,20,22). The summed E-state index contributed by atoms with van der Waals surface area (Å²) in [4.78, 5) is 26.0. The van der Waals surface area contributed by atoms with Crippen LogP contribution < -0.4 is 10.1 Å². The van der Waals surface area contributed by atoms with E-state index < -0.39 is 0 Å². The number of benzene rings is 1. The lowest BCUT2D eigenvalue weighted by molar-refractivity contribution is -0.133. The fourth-order valence-electron chi connectivity index (χ4n) is 2.96. The molecule has 6 nitrogen and oxygen atoms in total. The van der Waals surface area contributed by atoms with Gasteiger partial charge in [-0.1, -0.05) is 12.1 Å². The molecule has 0 radical (unpaired) electrons. The molecular formula is C19H28N2O4. The van der Waals surface area contributed by atoms with Gasteiger partial charge in [-0.15, -0.1) is 0 Å². The van der Waals surface area contributed by atoms with Gasteiger partial charge in [0.25, 0.3) is 0 Å². The number of hydrogen-bond acceptors (Lipinski definition) is 4. The molecule has 1 N–H and O–H groups in total. The first kappa shape index (κ1) is 19.2. The van der Waals surface area contributed by atoms with E-state index >= 15 is 0 Å². The summed E-state index contributed by atoms with van der Waals surface area (Å²) in [6.45, 7) is 4.41. The van der Waals surface area contributed by atoms with E-state index in [0.29, 0.717) is 39.1 Å². The van der Waals surface area contributed by atoms with E-state index in [0.717, 1.165) is 24.2 Å². The molecule has 1 heterocycles. The molecule has 1 aliphatic rings. The van der Waals surface area contributed by atoms with Crippen LogP contribution in [0.3, 0.4) is 0 Å². The third kappa shape index (κ3) is 6.38. The third-order valence-corrected chi connectivity index (χ3v) is 4.33. The Morgan fingerprint density at radius 1 is 1.20 bits per heavy atom. The fraction of sp³-hybridized carbons (Fsp3) is 0.579. The molecule has 0 bridgehead atoms. The average Bonchev–Trinajstić information content (AvgIpc) is 2.62. The van der Waals surface area contributed by atoms with Gasteiger partial charge in [0.05, 0.1) is 26.1 Å². The Morgan fingerprint density at radius 3 is 2.48 bits per heavy atom. The number of nitrogens with one attached hydrogen (secondary N) is 1. The lowest BCUT2D eigenvalue weighted by Crippen LogP contribution is -2.47. The van der Waals surface area contributed by atoms with Crippen molar-refractivity contribution in [3.63, 3.8) is 0 Å². The fourth-order valence-corrected chi connectivity index (χ4v) is 2.96. The van der Waals surface area contributed by atoms with Gasteiger partial charge < -0.3 is 19.7 Å². The topological polar surface area (TPSA) is 67.9 Å². The first-order chi connectivity index (χ1) is 12.1. The van der Waals surface area contributed by atoms with Crippen LogP contribution in [0.15, 0.2) is 24.3 Å². The molecule has 1 aromatic carbocycles. The third-order valence-electron chi connectivity index (χ3n) is 4.33. The summed E-state index contributed by atoms with van der Waals surface area (Å²) >= 11 is 0. The first-order valence-electron chi connectivity index (χ1n) is 8.90. The number of amides is 2. The highest BCUT2D eigenvalue weighted by atomic mass is 16.5. The first-order valence-corrected chi connectivity index (χ1v) is 8.90. The SMILES string of the molecule is CCOc1ccc(CC(=O)NC2CCN(C(=O)CCOC)CC2)cc1. The van der Waals surface area contributed by atoms with Gasteiger partial charge in [-0.3, -0.25) is 9.59 Å². The summed E-state index contributed by atoms with van der Waals surface area (Å²) in [6, 6.07) is 7.75. The number of piperidine rings is 1. The highest BCUT2D eigenvalue weighted by molar-refractivity contribution is 5.79. The van der Waals surface area contributed by atoms with E-state index in [1.807, 2.05) is 36.1 Å². The average molecular weight is 348 g/mol. The molecule has 2 rings (SSSR count). The number of rotatable bonds is 8. The second-order valence-corrected chi connectivity index (χ2v) is 6.22. The number of carbonyl (C=O) groups is 2. The smallest absolute Gasteiger partial charge is 0.224 e. The van der Waals surface area contributed by atoms with Crippen LogP contribution in [-0.2, 0) is 20.7 Å². The van der Waals surface area contributed by atoms with Crippen LogP contribution >= 0.6 is 0 Å². The Morgan fingerprint density at radius 2 is 1.88 bits per heavy atom. The zero-order valence-corrected chi connectivity index (χ0v) is 15.1. The van der Waals surface area contributed by atoms with Crippen molar-refractivity contribution in [3.8, 4) is 5.75 Å². The summed E-state index contributed by atoms with van der Waals surface area (Å²) in [5, 5.41) is 3.08. The maximum atomic E-state index is 12.2. The predicted octanol–water partition coefficient (Wildman–Crippen LogP) is 1.77. The largest absolute Gasteiger partial charge is 0.494 e. The normalized spacial score (nSPS) is 15.0. The molecule has 1 aliphatic heterocycles. The van der Waals surface area contributed by atoms with Gasteiger partial charge in [-0.25, -0.2) is 0 Å². The molecule has 1 aromatic rings. The molecule has 1 saturated heterocycles. The van der Waals surface area contributed by atoms with Crippen LogP contribution in [0, 0.1) is 0 Å². The number of ether oxygens (including phenoxy) is 2. The highest BCUT2D eigenvalue weighted by Gasteiger charge is 2.23. The zero-order chi connectivity index (χ0) is 18.1. The molecule has 0 aliphatic carbocycles. The number of methoxy groups -OCH3 is 1. The summed E-state index contributed by atoms with van der Waals surface area (Å²) in [5.41, 5.74) is 0.966. The summed E-state index contributed by atoms with van der Waals surface area (Å²) in [6.07, 6.45) is 2.38. The Kier molecular flexibility index (Phi) is 7.73. The van der Waals surface area contributed by atoms with Gasteiger partial charge in [0.1, 0.15) is 5.75 Å². The molecule has 0 unspecified atom stereocenters. The Hall–Kier alpha value is -2.08. The number of carbonyl (C=O) groups excluding carboxylic acids is 2. The van der Waals surface area contributed by atoms with Crippen LogP contribution in [-0.4, -0.2) is 56.2 Å². The molecule has 0 spiro atoms. The van der Waals surface area contributed by atoms with Crippen LogP contribution in [0.5, 0.6) is 5.75 Å². The van der Waals surface area contributed by atoms with E-state index in [2.05, 4.69) is 5.32 Å². The molecule has 6 heteroatoms. The van der Waals surface area contributed by atoms with Crippen molar-refractivity contribution < 1.29 is 19.1 Å². The van der Waals surface area contributed by atoms with Crippen molar-refractivity contribution in [1.29, 1.82) is 0 Å². The number of likely N-dealkylation sites (tertiary alicyclic amines) is 1. The summed E-state index contributed by atoms with van der Waals surface area (Å²) in [5.74, 6) is 0.964. The summed E-state index contributed by atoms with van der Waals surface area (Å²) in [7, 11) is 1.60. The van der Waals surface area contributed by atoms with Crippen LogP contribution in [0.25, 0.3) is 0 Å². The van der Waals surface area contributed by atoms with Crippen molar-refractivity contribution in [2.75, 3.05) is 33.4 Å². The van der Waals surface area contributed by atoms with E-state index in [1.165, 1.54) is 0 Å². The molecule has 0 aromatic heterocycles. The monoisotopic (exact) mass is 348 g/mol. The van der Waals surface area contributed by atoms with Crippen molar-refractivity contribution >= 4 is 11.8 Å².